The van der Waals surface area contributed by atoms with Crippen molar-refractivity contribution >= 4 is 11.8 Å². The predicted molar refractivity (Wildman–Crippen MR) is 47.3 cm³/mol. The van der Waals surface area contributed by atoms with Gasteiger partial charge in [0.1, 0.15) is 0 Å². The summed E-state index contributed by atoms with van der Waals surface area (Å²) in [6, 6.07) is 0. The van der Waals surface area contributed by atoms with Crippen LogP contribution in [0.15, 0.2) is 0 Å². The molecular weight excluding hydrogens is 182 g/mol. The van der Waals surface area contributed by atoms with Crippen molar-refractivity contribution in [1.29, 1.82) is 0 Å². The van der Waals surface area contributed by atoms with Gasteiger partial charge in [0.15, 0.2) is 0 Å². The molecule has 0 radical (unpaired) electrons. The first kappa shape index (κ1) is 8.41. The van der Waals surface area contributed by atoms with Crippen LogP contribution in [0.4, 0.5) is 0 Å². The van der Waals surface area contributed by atoms with Gasteiger partial charge in [0.2, 0.25) is 11.8 Å². The van der Waals surface area contributed by atoms with E-state index in [1.807, 2.05) is 6.92 Å². The van der Waals surface area contributed by atoms with Crippen LogP contribution in [-0.4, -0.2) is 35.5 Å². The number of hydrogen-bond donors (Lipinski definition) is 0. The molecule has 2 aliphatic heterocycles. The molecule has 2 saturated heterocycles. The molecule has 1 saturated carbocycles. The third-order valence-electron chi connectivity index (χ3n) is 3.63. The molecule has 4 nitrogen and oxygen atoms in total. The second kappa shape index (κ2) is 2.57. The van der Waals surface area contributed by atoms with Crippen LogP contribution in [0.25, 0.3) is 0 Å². The number of nitrogens with zero attached hydrogens (tertiary/aromatic N) is 1. The molecule has 0 bridgehead atoms. The zero-order valence-electron chi connectivity index (χ0n) is 8.10. The topological polar surface area (TPSA) is 49.9 Å². The molecule has 4 atom stereocenters. The van der Waals surface area contributed by atoms with E-state index in [9.17, 15) is 9.59 Å². The maximum absolute atomic E-state index is 11.8. The zero-order chi connectivity index (χ0) is 9.87. The number of ether oxygens (including phenoxy) is 1. The molecule has 3 aliphatic rings. The minimum atomic E-state index is -0.0776. The number of amides is 2. The summed E-state index contributed by atoms with van der Waals surface area (Å²) in [4.78, 5) is 25.0. The molecule has 2 amide bonds. The van der Waals surface area contributed by atoms with E-state index in [4.69, 9.17) is 4.74 Å². The average molecular weight is 195 g/mol. The maximum atomic E-state index is 11.8. The van der Waals surface area contributed by atoms with Gasteiger partial charge in [-0.2, -0.15) is 0 Å². The lowest BCUT2D eigenvalue weighted by molar-refractivity contribution is -0.139. The Morgan fingerprint density at radius 2 is 1.71 bits per heavy atom. The molecule has 0 aromatic carbocycles. The predicted octanol–water partition coefficient (Wildman–Crippen LogP) is 0.169. The maximum Gasteiger partial charge on any atom is 0.233 e. The summed E-state index contributed by atoms with van der Waals surface area (Å²) in [5, 5.41) is 0. The van der Waals surface area contributed by atoms with Gasteiger partial charge in [-0.15, -0.1) is 0 Å². The number of carbonyl (C=O) groups is 2. The van der Waals surface area contributed by atoms with Crippen LogP contribution >= 0.6 is 0 Å². The molecule has 0 unspecified atom stereocenters. The van der Waals surface area contributed by atoms with Gasteiger partial charge in [0.05, 0.1) is 24.0 Å². The quantitative estimate of drug-likeness (QED) is 0.442. The van der Waals surface area contributed by atoms with Crippen LogP contribution in [0, 0.1) is 11.8 Å². The molecule has 2 heterocycles. The fourth-order valence-corrected chi connectivity index (χ4v) is 2.79. The van der Waals surface area contributed by atoms with Gasteiger partial charge in [-0.05, 0) is 19.8 Å². The first-order valence-electron chi connectivity index (χ1n) is 5.23. The number of rotatable bonds is 1. The summed E-state index contributed by atoms with van der Waals surface area (Å²) in [5.41, 5.74) is 0. The van der Waals surface area contributed by atoms with Gasteiger partial charge in [0.25, 0.3) is 0 Å². The second-order valence-corrected chi connectivity index (χ2v) is 4.32. The van der Waals surface area contributed by atoms with Crippen molar-refractivity contribution in [3.05, 3.63) is 0 Å². The van der Waals surface area contributed by atoms with Crippen molar-refractivity contribution in [3.63, 3.8) is 0 Å². The van der Waals surface area contributed by atoms with E-state index >= 15 is 0 Å². The molecule has 3 fully saturated rings. The summed E-state index contributed by atoms with van der Waals surface area (Å²) in [6.45, 7) is 2.37. The largest absolute Gasteiger partial charge is 0.370 e. The van der Waals surface area contributed by atoms with Crippen LogP contribution < -0.4 is 0 Å². The SMILES string of the molecule is CCN1C(=O)[C@H]2C[C@H]3O[C@H]3C[C@H]2C1=O. The minimum Gasteiger partial charge on any atom is -0.370 e. The van der Waals surface area contributed by atoms with E-state index in [0.717, 1.165) is 12.8 Å². The number of fused-ring (bicyclic) bond motifs is 2. The normalized spacial score (nSPS) is 45.1. The molecular formula is C10H13NO3. The lowest BCUT2D eigenvalue weighted by atomic mass is 9.81. The Kier molecular flexibility index (Phi) is 1.54. The molecule has 3 rings (SSSR count). The van der Waals surface area contributed by atoms with Crippen LogP contribution in [0.1, 0.15) is 19.8 Å². The molecule has 0 spiro atoms. The van der Waals surface area contributed by atoms with E-state index in [1.165, 1.54) is 4.90 Å². The van der Waals surface area contributed by atoms with Gasteiger partial charge >= 0.3 is 0 Å². The summed E-state index contributed by atoms with van der Waals surface area (Å²) in [7, 11) is 0. The summed E-state index contributed by atoms with van der Waals surface area (Å²) >= 11 is 0. The number of likely N-dealkylation sites (tertiary alicyclic amines) is 1. The van der Waals surface area contributed by atoms with Crippen LogP contribution in [0.5, 0.6) is 0 Å². The molecule has 14 heavy (non-hydrogen) atoms. The average Bonchev–Trinajstić information content (AvgIpc) is 2.89. The standard InChI is InChI=1S/C10H13NO3/c1-2-11-9(12)5-3-7-8(14-7)4-6(5)10(11)13/h5-8H,2-4H2,1H3/t5-,6+,7+,8-. The number of hydrogen-bond acceptors (Lipinski definition) is 3. The molecule has 0 aromatic heterocycles. The molecule has 76 valence electrons. The first-order chi connectivity index (χ1) is 6.72. The third kappa shape index (κ3) is 0.919. The molecule has 1 aliphatic carbocycles. The highest BCUT2D eigenvalue weighted by molar-refractivity contribution is 6.05. The van der Waals surface area contributed by atoms with Crippen molar-refractivity contribution in [2.24, 2.45) is 11.8 Å². The highest BCUT2D eigenvalue weighted by Gasteiger charge is 2.57. The van der Waals surface area contributed by atoms with Crippen molar-refractivity contribution in [3.8, 4) is 0 Å². The monoisotopic (exact) mass is 195 g/mol. The Hall–Kier alpha value is -0.900. The molecule has 0 aromatic rings. The van der Waals surface area contributed by atoms with Gasteiger partial charge < -0.3 is 4.74 Å². The van der Waals surface area contributed by atoms with Gasteiger partial charge in [-0.1, -0.05) is 0 Å². The fraction of sp³-hybridized carbons (Fsp3) is 0.800. The lowest BCUT2D eigenvalue weighted by Gasteiger charge is -2.16. The Bertz CT molecular complexity index is 286. The van der Waals surface area contributed by atoms with E-state index in [1.54, 1.807) is 0 Å². The van der Waals surface area contributed by atoms with Crippen molar-refractivity contribution in [2.75, 3.05) is 6.54 Å². The summed E-state index contributed by atoms with van der Waals surface area (Å²) in [6.07, 6.45) is 2.06. The highest BCUT2D eigenvalue weighted by Crippen LogP contribution is 2.46. The van der Waals surface area contributed by atoms with Crippen molar-refractivity contribution < 1.29 is 14.3 Å². The smallest absolute Gasteiger partial charge is 0.233 e. The number of epoxide rings is 1. The number of carbonyl (C=O) groups excluding carboxylic acids is 2. The van der Waals surface area contributed by atoms with Gasteiger partial charge in [0, 0.05) is 6.54 Å². The number of imide groups is 1. The summed E-state index contributed by atoms with van der Waals surface area (Å²) < 4.78 is 5.36. The van der Waals surface area contributed by atoms with E-state index in [2.05, 4.69) is 0 Å². The van der Waals surface area contributed by atoms with Gasteiger partial charge in [-0.25, -0.2) is 0 Å². The lowest BCUT2D eigenvalue weighted by Crippen LogP contribution is -2.30. The molecule has 4 heteroatoms. The van der Waals surface area contributed by atoms with Crippen LogP contribution in [-0.2, 0) is 14.3 Å². The fourth-order valence-electron chi connectivity index (χ4n) is 2.79. The second-order valence-electron chi connectivity index (χ2n) is 4.32. The van der Waals surface area contributed by atoms with Gasteiger partial charge in [-0.3, -0.25) is 14.5 Å². The highest BCUT2D eigenvalue weighted by atomic mass is 16.6. The Morgan fingerprint density at radius 3 is 2.14 bits per heavy atom. The molecule has 0 N–H and O–H groups in total. The zero-order valence-corrected chi connectivity index (χ0v) is 8.10. The first-order valence-corrected chi connectivity index (χ1v) is 5.23. The van der Waals surface area contributed by atoms with Crippen molar-refractivity contribution in [1.82, 2.24) is 4.90 Å². The summed E-state index contributed by atoms with van der Waals surface area (Å²) in [5.74, 6) is -0.106. The van der Waals surface area contributed by atoms with Crippen LogP contribution in [0.3, 0.4) is 0 Å². The van der Waals surface area contributed by atoms with E-state index < -0.39 is 0 Å². The Balaban J connectivity index is 1.88. The minimum absolute atomic E-state index is 0.0245. The van der Waals surface area contributed by atoms with E-state index in [-0.39, 0.29) is 35.9 Å². The van der Waals surface area contributed by atoms with Crippen LogP contribution in [0.2, 0.25) is 0 Å². The Labute approximate surface area is 82.2 Å². The Morgan fingerprint density at radius 1 is 1.21 bits per heavy atom. The van der Waals surface area contributed by atoms with Crippen molar-refractivity contribution in [2.45, 2.75) is 32.0 Å². The third-order valence-corrected chi connectivity index (χ3v) is 3.63. The van der Waals surface area contributed by atoms with E-state index in [0.29, 0.717) is 6.54 Å².